The van der Waals surface area contributed by atoms with Crippen LogP contribution in [0.4, 0.5) is 4.79 Å². The summed E-state index contributed by atoms with van der Waals surface area (Å²) < 4.78 is 6.96. The molecule has 0 spiro atoms. The fourth-order valence-corrected chi connectivity index (χ4v) is 4.38. The Hall–Kier alpha value is -3.16. The average Bonchev–Trinajstić information content (AvgIpc) is 3.12. The molecule has 152 valence electrons. The first-order valence-electron chi connectivity index (χ1n) is 9.62. The van der Waals surface area contributed by atoms with E-state index in [1.54, 1.807) is 45.9 Å². The molecule has 29 heavy (non-hydrogen) atoms. The molecule has 2 atom stereocenters. The maximum Gasteiger partial charge on any atom is 0.419 e. The lowest BCUT2D eigenvalue weighted by Crippen LogP contribution is -2.33. The van der Waals surface area contributed by atoms with Crippen molar-refractivity contribution in [2.45, 2.75) is 45.6 Å². The van der Waals surface area contributed by atoms with Crippen molar-refractivity contribution in [2.75, 3.05) is 6.54 Å². The van der Waals surface area contributed by atoms with Crippen LogP contribution in [0.25, 0.3) is 10.9 Å². The molecule has 1 saturated heterocycles. The van der Waals surface area contributed by atoms with Gasteiger partial charge in [-0.05, 0) is 33.8 Å². The number of oxime groups is 1. The summed E-state index contributed by atoms with van der Waals surface area (Å²) in [6.07, 6.45) is -0.500. The van der Waals surface area contributed by atoms with Gasteiger partial charge in [-0.2, -0.15) is 0 Å². The Morgan fingerprint density at radius 2 is 1.93 bits per heavy atom. The normalized spacial score (nSPS) is 22.9. The molecular formula is C21H23N3O5. The first-order chi connectivity index (χ1) is 13.7. The maximum absolute atomic E-state index is 13.2. The zero-order chi connectivity index (χ0) is 21.1. The lowest BCUT2D eigenvalue weighted by Gasteiger charge is -2.26. The van der Waals surface area contributed by atoms with Crippen LogP contribution in [0.1, 0.15) is 51.3 Å². The number of amides is 2. The molecule has 8 nitrogen and oxygen atoms in total. The number of aromatic nitrogens is 1. The first-order valence-corrected chi connectivity index (χ1v) is 9.62. The minimum Gasteiger partial charge on any atom is -0.443 e. The number of rotatable bonds is 1. The van der Waals surface area contributed by atoms with Crippen molar-refractivity contribution in [2.24, 2.45) is 11.1 Å². The molecule has 8 heteroatoms. The summed E-state index contributed by atoms with van der Waals surface area (Å²) in [5.74, 6) is -2.17. The highest BCUT2D eigenvalue weighted by Gasteiger charge is 2.54. The number of likely N-dealkylation sites (tertiary alicyclic amines) is 1. The van der Waals surface area contributed by atoms with Gasteiger partial charge in [0.05, 0.1) is 28.8 Å². The second kappa shape index (κ2) is 6.43. The molecule has 2 aliphatic rings. The second-order valence-corrected chi connectivity index (χ2v) is 8.35. The molecule has 2 aromatic rings. The fourth-order valence-electron chi connectivity index (χ4n) is 4.38. The van der Waals surface area contributed by atoms with Crippen molar-refractivity contribution in [3.63, 3.8) is 0 Å². The third-order valence-corrected chi connectivity index (χ3v) is 5.44. The minimum absolute atomic E-state index is 0.136. The summed E-state index contributed by atoms with van der Waals surface area (Å²) in [4.78, 5) is 40.3. The van der Waals surface area contributed by atoms with E-state index in [1.165, 1.54) is 9.47 Å². The van der Waals surface area contributed by atoms with E-state index >= 15 is 0 Å². The first kappa shape index (κ1) is 19.2. The quantitative estimate of drug-likeness (QED) is 0.453. The second-order valence-electron chi connectivity index (χ2n) is 8.35. The Kier molecular flexibility index (Phi) is 4.25. The van der Waals surface area contributed by atoms with Gasteiger partial charge >= 0.3 is 6.09 Å². The number of nitrogens with zero attached hydrogens (tertiary/aromatic N) is 3. The van der Waals surface area contributed by atoms with Gasteiger partial charge < -0.3 is 9.94 Å². The van der Waals surface area contributed by atoms with E-state index in [-0.39, 0.29) is 24.8 Å². The third kappa shape index (κ3) is 2.73. The summed E-state index contributed by atoms with van der Waals surface area (Å²) >= 11 is 0. The van der Waals surface area contributed by atoms with Gasteiger partial charge in [-0.3, -0.25) is 14.5 Å². The molecule has 2 unspecified atom stereocenters. The Morgan fingerprint density at radius 3 is 2.55 bits per heavy atom. The molecule has 1 aromatic carbocycles. The van der Waals surface area contributed by atoms with E-state index in [0.717, 1.165) is 0 Å². The summed E-state index contributed by atoms with van der Waals surface area (Å²) in [5.41, 5.74) is 0.971. The number of benzene rings is 1. The Morgan fingerprint density at radius 1 is 1.24 bits per heavy atom. The van der Waals surface area contributed by atoms with E-state index in [2.05, 4.69) is 5.16 Å². The van der Waals surface area contributed by atoms with Crippen LogP contribution in [-0.4, -0.2) is 50.4 Å². The minimum atomic E-state index is -0.817. The van der Waals surface area contributed by atoms with Crippen LogP contribution >= 0.6 is 0 Å². The molecule has 2 amide bonds. The van der Waals surface area contributed by atoms with E-state index in [1.807, 2.05) is 6.07 Å². The van der Waals surface area contributed by atoms with Crippen molar-refractivity contribution in [1.82, 2.24) is 9.47 Å². The average molecular weight is 397 g/mol. The number of ether oxygens (including phenoxy) is 1. The largest absolute Gasteiger partial charge is 0.443 e. The molecule has 1 aromatic heterocycles. The zero-order valence-electron chi connectivity index (χ0n) is 16.8. The summed E-state index contributed by atoms with van der Waals surface area (Å²) in [5, 5.41) is 13.8. The Bertz CT molecular complexity index is 1080. The van der Waals surface area contributed by atoms with Gasteiger partial charge in [0.2, 0.25) is 11.8 Å². The molecule has 4 rings (SSSR count). The fraction of sp³-hybridized carbons (Fsp3) is 0.429. The van der Waals surface area contributed by atoms with E-state index < -0.39 is 23.5 Å². The smallest absolute Gasteiger partial charge is 0.419 e. The van der Waals surface area contributed by atoms with Gasteiger partial charge in [0.25, 0.3) is 0 Å². The summed E-state index contributed by atoms with van der Waals surface area (Å²) in [6.45, 7) is 7.26. The van der Waals surface area contributed by atoms with E-state index in [4.69, 9.17) is 4.74 Å². The molecule has 0 radical (unpaired) electrons. The van der Waals surface area contributed by atoms with Crippen molar-refractivity contribution < 1.29 is 24.3 Å². The SMILES string of the molecule is CCN1C(=O)C2CC(=NO)c3c(n(C(=O)OC(C)(C)C)c4ccccc34)C2C1=O. The Labute approximate surface area is 167 Å². The molecule has 0 saturated carbocycles. The van der Waals surface area contributed by atoms with Crippen molar-refractivity contribution in [1.29, 1.82) is 0 Å². The van der Waals surface area contributed by atoms with Gasteiger partial charge in [0, 0.05) is 23.9 Å². The lowest BCUT2D eigenvalue weighted by molar-refractivity contribution is -0.139. The molecule has 1 aliphatic heterocycles. The molecule has 1 aliphatic carbocycles. The van der Waals surface area contributed by atoms with Gasteiger partial charge in [0.1, 0.15) is 5.60 Å². The number of fused-ring (bicyclic) bond motifs is 5. The highest BCUT2D eigenvalue weighted by Crippen LogP contribution is 2.46. The van der Waals surface area contributed by atoms with Crippen LogP contribution in [0, 0.1) is 5.92 Å². The molecule has 2 heterocycles. The molecule has 1 N–H and O–H groups in total. The predicted molar refractivity (Wildman–Crippen MR) is 105 cm³/mol. The number of hydrogen-bond acceptors (Lipinski definition) is 6. The summed E-state index contributed by atoms with van der Waals surface area (Å²) in [6, 6.07) is 7.14. The van der Waals surface area contributed by atoms with E-state index in [9.17, 15) is 19.6 Å². The lowest BCUT2D eigenvalue weighted by atomic mass is 9.78. The van der Waals surface area contributed by atoms with Crippen LogP contribution < -0.4 is 0 Å². The van der Waals surface area contributed by atoms with Crippen molar-refractivity contribution in [3.05, 3.63) is 35.5 Å². The maximum atomic E-state index is 13.2. The standard InChI is InChI=1S/C21H23N3O5/c1-5-23-18(25)12-10-13(22-28)15-11-8-6-7-9-14(11)24(17(15)16(12)19(23)26)20(27)29-21(2,3)4/h6-9,12,16,28H,5,10H2,1-4H3. The number of carbonyl (C=O) groups excluding carboxylic acids is 3. The zero-order valence-corrected chi connectivity index (χ0v) is 16.8. The van der Waals surface area contributed by atoms with Crippen LogP contribution in [0.15, 0.2) is 29.4 Å². The van der Waals surface area contributed by atoms with Gasteiger partial charge in [-0.1, -0.05) is 23.4 Å². The van der Waals surface area contributed by atoms with E-state index in [0.29, 0.717) is 27.9 Å². The van der Waals surface area contributed by atoms with Gasteiger partial charge in [-0.15, -0.1) is 0 Å². The number of para-hydroxylation sites is 1. The van der Waals surface area contributed by atoms with Crippen molar-refractivity contribution >= 4 is 34.5 Å². The highest BCUT2D eigenvalue weighted by atomic mass is 16.6. The monoisotopic (exact) mass is 397 g/mol. The highest BCUT2D eigenvalue weighted by molar-refractivity contribution is 6.20. The third-order valence-electron chi connectivity index (χ3n) is 5.44. The molecule has 1 fully saturated rings. The topological polar surface area (TPSA) is 101 Å². The van der Waals surface area contributed by atoms with Crippen LogP contribution in [0.2, 0.25) is 0 Å². The van der Waals surface area contributed by atoms with Crippen LogP contribution in [0.3, 0.4) is 0 Å². The van der Waals surface area contributed by atoms with Crippen LogP contribution in [-0.2, 0) is 14.3 Å². The van der Waals surface area contributed by atoms with Gasteiger partial charge in [-0.25, -0.2) is 9.36 Å². The number of hydrogen-bond donors (Lipinski definition) is 1. The van der Waals surface area contributed by atoms with Crippen molar-refractivity contribution in [3.8, 4) is 0 Å². The molecular weight excluding hydrogens is 374 g/mol. The Balaban J connectivity index is 2.04. The van der Waals surface area contributed by atoms with Crippen LogP contribution in [0.5, 0.6) is 0 Å². The number of carbonyl (C=O) groups is 3. The number of likely N-dealkylation sites (N-methyl/N-ethyl adjacent to an activating group) is 1. The predicted octanol–water partition coefficient (Wildman–Crippen LogP) is 3.10. The van der Waals surface area contributed by atoms with Gasteiger partial charge in [0.15, 0.2) is 0 Å². The molecule has 0 bridgehead atoms. The summed E-state index contributed by atoms with van der Waals surface area (Å²) in [7, 11) is 0. The number of imide groups is 1.